The zero-order valence-corrected chi connectivity index (χ0v) is 19.6. The maximum Gasteiger partial charge on any atom is 0.263 e. The number of hydrogen-bond donors (Lipinski definition) is 1. The van der Waals surface area contributed by atoms with Crippen LogP contribution in [-0.4, -0.2) is 27.6 Å². The highest BCUT2D eigenvalue weighted by atomic mass is 35.5. The molecule has 0 amide bonds. The van der Waals surface area contributed by atoms with Crippen molar-refractivity contribution in [3.63, 3.8) is 0 Å². The van der Waals surface area contributed by atoms with Crippen molar-refractivity contribution in [2.45, 2.75) is 39.2 Å². The zero-order chi connectivity index (χ0) is 22.6. The highest BCUT2D eigenvalue weighted by Crippen LogP contribution is 2.50. The van der Waals surface area contributed by atoms with Crippen LogP contribution in [-0.2, 0) is 6.42 Å². The summed E-state index contributed by atoms with van der Waals surface area (Å²) in [5, 5.41) is 0.749. The summed E-state index contributed by atoms with van der Waals surface area (Å²) >= 11 is 12.6. The summed E-state index contributed by atoms with van der Waals surface area (Å²) < 4.78 is 1.54. The monoisotopic (exact) mass is 469 g/mol. The van der Waals surface area contributed by atoms with Crippen LogP contribution in [0.1, 0.15) is 41.5 Å². The summed E-state index contributed by atoms with van der Waals surface area (Å²) in [7, 11) is 0. The van der Waals surface area contributed by atoms with Crippen LogP contribution in [0.4, 0.5) is 5.82 Å². The summed E-state index contributed by atoms with van der Waals surface area (Å²) in [6.07, 6.45) is 4.64. The number of piperidine rings is 1. The average Bonchev–Trinajstić information content (AvgIpc) is 3.06. The lowest BCUT2D eigenvalue weighted by molar-refractivity contribution is 0.186. The van der Waals surface area contributed by atoms with Crippen LogP contribution >= 0.6 is 23.2 Å². The molecule has 1 aliphatic carbocycles. The third-order valence-corrected chi connectivity index (χ3v) is 7.93. The number of pyridine rings is 1. The van der Waals surface area contributed by atoms with Gasteiger partial charge < -0.3 is 10.6 Å². The van der Waals surface area contributed by atoms with Gasteiger partial charge in [-0.05, 0) is 62.3 Å². The summed E-state index contributed by atoms with van der Waals surface area (Å²) in [5.41, 5.74) is 10.0. The third kappa shape index (κ3) is 3.24. The Balaban J connectivity index is 1.44. The number of aromatic nitrogens is 3. The van der Waals surface area contributed by atoms with Crippen LogP contribution < -0.4 is 16.2 Å². The van der Waals surface area contributed by atoms with Gasteiger partial charge in [-0.15, -0.1) is 0 Å². The van der Waals surface area contributed by atoms with Gasteiger partial charge in [0.2, 0.25) is 0 Å². The van der Waals surface area contributed by atoms with Crippen molar-refractivity contribution < 1.29 is 0 Å². The molecule has 0 bridgehead atoms. The number of fused-ring (bicyclic) bond motifs is 1. The number of hydrogen-bond acceptors (Lipinski definition) is 5. The van der Waals surface area contributed by atoms with Crippen molar-refractivity contribution in [1.29, 1.82) is 0 Å². The van der Waals surface area contributed by atoms with Crippen molar-refractivity contribution in [1.82, 2.24) is 14.5 Å². The van der Waals surface area contributed by atoms with Gasteiger partial charge >= 0.3 is 0 Å². The molecule has 8 heteroatoms. The van der Waals surface area contributed by atoms with E-state index in [0.29, 0.717) is 27.1 Å². The van der Waals surface area contributed by atoms with E-state index < -0.39 is 0 Å². The van der Waals surface area contributed by atoms with Crippen molar-refractivity contribution in [3.05, 3.63) is 79.6 Å². The lowest BCUT2D eigenvalue weighted by Gasteiger charge is -2.42. The van der Waals surface area contributed by atoms with Gasteiger partial charge in [0.1, 0.15) is 11.6 Å². The van der Waals surface area contributed by atoms with Gasteiger partial charge in [0, 0.05) is 31.0 Å². The molecule has 2 aliphatic rings. The molecule has 1 aromatic carbocycles. The van der Waals surface area contributed by atoms with Gasteiger partial charge in [0.05, 0.1) is 21.3 Å². The first kappa shape index (κ1) is 21.4. The number of halogens is 2. The third-order valence-electron chi connectivity index (χ3n) is 7.12. The number of benzene rings is 1. The van der Waals surface area contributed by atoms with Crippen molar-refractivity contribution in [3.8, 4) is 5.69 Å². The quantitative estimate of drug-likeness (QED) is 0.601. The highest BCUT2D eigenvalue weighted by Gasteiger charge is 2.46. The Morgan fingerprint density at radius 2 is 1.88 bits per heavy atom. The highest BCUT2D eigenvalue weighted by molar-refractivity contribution is 6.43. The number of anilines is 1. The van der Waals surface area contributed by atoms with Crippen molar-refractivity contribution in [2.75, 3.05) is 18.0 Å². The second-order valence-corrected chi connectivity index (χ2v) is 9.65. The second-order valence-electron chi connectivity index (χ2n) is 8.86. The topological polar surface area (TPSA) is 77.0 Å². The van der Waals surface area contributed by atoms with Gasteiger partial charge in [-0.1, -0.05) is 35.3 Å². The first-order chi connectivity index (χ1) is 15.3. The van der Waals surface area contributed by atoms with Gasteiger partial charge in [0.15, 0.2) is 0 Å². The summed E-state index contributed by atoms with van der Waals surface area (Å²) in [6.45, 7) is 5.25. The largest absolute Gasteiger partial charge is 0.356 e. The van der Waals surface area contributed by atoms with E-state index in [2.05, 4.69) is 16.0 Å². The van der Waals surface area contributed by atoms with Crippen molar-refractivity contribution >= 4 is 29.0 Å². The van der Waals surface area contributed by atoms with Crippen LogP contribution in [0.3, 0.4) is 0 Å². The predicted octanol–water partition coefficient (Wildman–Crippen LogP) is 4.39. The van der Waals surface area contributed by atoms with E-state index in [1.54, 1.807) is 18.2 Å². The van der Waals surface area contributed by atoms with Crippen molar-refractivity contribution in [2.24, 2.45) is 11.1 Å². The van der Waals surface area contributed by atoms with Gasteiger partial charge in [-0.2, -0.15) is 0 Å². The minimum Gasteiger partial charge on any atom is -0.356 e. The predicted molar refractivity (Wildman–Crippen MR) is 128 cm³/mol. The Labute approximate surface area is 197 Å². The van der Waals surface area contributed by atoms with Crippen LogP contribution in [0.25, 0.3) is 5.69 Å². The second kappa shape index (κ2) is 7.87. The van der Waals surface area contributed by atoms with Gasteiger partial charge in [-0.25, -0.2) is 4.98 Å². The Bertz CT molecular complexity index is 1260. The summed E-state index contributed by atoms with van der Waals surface area (Å²) in [5.74, 6) is 1.31. The molecule has 1 atom stereocenters. The standard InChI is InChI=1S/C24H25Cl2N5O/c1-14-22(29-15(2)31(23(14)32)19-7-3-6-17(25)20(19)26)30-11-8-24(9-12-30)13-18-16(21(24)27)5-4-10-28-18/h3-7,10,21H,8-9,11-13,27H2,1-2H3. The molecular formula is C24H25Cl2N5O. The zero-order valence-electron chi connectivity index (χ0n) is 18.1. The van der Waals surface area contributed by atoms with Crippen LogP contribution in [0.5, 0.6) is 0 Å². The maximum absolute atomic E-state index is 13.3. The Morgan fingerprint density at radius 1 is 1.12 bits per heavy atom. The summed E-state index contributed by atoms with van der Waals surface area (Å²) in [6, 6.07) is 9.32. The molecule has 1 aliphatic heterocycles. The number of nitrogens with zero attached hydrogens (tertiary/aromatic N) is 4. The molecule has 1 saturated heterocycles. The molecule has 5 rings (SSSR count). The smallest absolute Gasteiger partial charge is 0.263 e. The fraction of sp³-hybridized carbons (Fsp3) is 0.375. The maximum atomic E-state index is 13.3. The van der Waals surface area contributed by atoms with E-state index in [0.717, 1.165) is 43.9 Å². The summed E-state index contributed by atoms with van der Waals surface area (Å²) in [4.78, 5) is 24.9. The fourth-order valence-corrected chi connectivity index (χ4v) is 5.64. The number of aryl methyl sites for hydroxylation is 1. The van der Waals surface area contributed by atoms with E-state index >= 15 is 0 Å². The minimum absolute atomic E-state index is 0.00196. The molecule has 32 heavy (non-hydrogen) atoms. The average molecular weight is 470 g/mol. The number of nitrogens with two attached hydrogens (primary N) is 1. The molecule has 3 heterocycles. The van der Waals surface area contributed by atoms with Crippen LogP contribution in [0.2, 0.25) is 10.0 Å². The Morgan fingerprint density at radius 3 is 2.59 bits per heavy atom. The van der Waals surface area contributed by atoms with E-state index in [1.165, 1.54) is 10.1 Å². The van der Waals surface area contributed by atoms with E-state index in [-0.39, 0.29) is 17.0 Å². The molecule has 3 aromatic rings. The number of rotatable bonds is 2. The van der Waals surface area contributed by atoms with E-state index in [1.807, 2.05) is 26.1 Å². The molecule has 166 valence electrons. The molecular weight excluding hydrogens is 445 g/mol. The molecule has 0 saturated carbocycles. The van der Waals surface area contributed by atoms with Crippen LogP contribution in [0.15, 0.2) is 41.3 Å². The van der Waals surface area contributed by atoms with E-state index in [9.17, 15) is 4.79 Å². The molecule has 0 radical (unpaired) electrons. The molecule has 1 fully saturated rings. The Kier molecular flexibility index (Phi) is 5.27. The van der Waals surface area contributed by atoms with Crippen LogP contribution in [0, 0.1) is 19.3 Å². The van der Waals surface area contributed by atoms with E-state index in [4.69, 9.17) is 33.9 Å². The minimum atomic E-state index is -0.133. The first-order valence-corrected chi connectivity index (χ1v) is 11.6. The SMILES string of the molecule is Cc1c(N2CCC3(CC2)Cc2ncccc2C3N)nc(C)n(-c2cccc(Cl)c2Cl)c1=O. The lowest BCUT2D eigenvalue weighted by atomic mass is 9.73. The molecule has 6 nitrogen and oxygen atoms in total. The molecule has 2 N–H and O–H groups in total. The molecule has 1 unspecified atom stereocenters. The lowest BCUT2D eigenvalue weighted by Crippen LogP contribution is -2.45. The molecule has 2 aromatic heterocycles. The molecule has 1 spiro atoms. The van der Waals surface area contributed by atoms with Gasteiger partial charge in [0.25, 0.3) is 5.56 Å². The normalized spacial score (nSPS) is 19.4. The fourth-order valence-electron chi connectivity index (χ4n) is 5.26. The Hall–Kier alpha value is -2.41. The first-order valence-electron chi connectivity index (χ1n) is 10.8. The van der Waals surface area contributed by atoms with Gasteiger partial charge in [-0.3, -0.25) is 14.3 Å².